The third-order valence-corrected chi connectivity index (χ3v) is 3.24. The third-order valence-electron chi connectivity index (χ3n) is 3.24. The van der Waals surface area contributed by atoms with Crippen LogP contribution in [0.1, 0.15) is 18.9 Å². The average Bonchev–Trinajstić information content (AvgIpc) is 2.60. The molecule has 25 heavy (non-hydrogen) atoms. The maximum Gasteiger partial charge on any atom is 0.277 e. The van der Waals surface area contributed by atoms with Crippen molar-refractivity contribution in [3.63, 3.8) is 0 Å². The number of nitrogens with zero attached hydrogens (tertiary/aromatic N) is 1. The third kappa shape index (κ3) is 6.87. The van der Waals surface area contributed by atoms with E-state index < -0.39 is 0 Å². The van der Waals surface area contributed by atoms with Crippen molar-refractivity contribution in [3.8, 4) is 5.75 Å². The van der Waals surface area contributed by atoms with Crippen molar-refractivity contribution >= 4 is 23.2 Å². The molecule has 2 aromatic rings. The van der Waals surface area contributed by atoms with Crippen LogP contribution < -0.4 is 15.5 Å². The van der Waals surface area contributed by atoms with Crippen LogP contribution in [0.15, 0.2) is 59.7 Å². The summed E-state index contributed by atoms with van der Waals surface area (Å²) in [7, 11) is 0. The fourth-order valence-corrected chi connectivity index (χ4v) is 1.97. The SMILES string of the molecule is C/C(CC(=O)Nc1ccccc1)=N/NC(=O)COc1ccc(C)cc1. The number of amides is 2. The second-order valence-corrected chi connectivity index (χ2v) is 5.57. The summed E-state index contributed by atoms with van der Waals surface area (Å²) in [4.78, 5) is 23.6. The molecular weight excluding hydrogens is 318 g/mol. The van der Waals surface area contributed by atoms with Gasteiger partial charge in [-0.05, 0) is 38.1 Å². The van der Waals surface area contributed by atoms with Crippen LogP contribution in [0.25, 0.3) is 0 Å². The molecular formula is C19H21N3O3. The molecule has 0 radical (unpaired) electrons. The molecule has 2 amide bonds. The Kier molecular flexibility index (Phi) is 6.71. The Bertz CT molecular complexity index is 740. The van der Waals surface area contributed by atoms with Gasteiger partial charge in [-0.15, -0.1) is 0 Å². The number of hydrazone groups is 1. The van der Waals surface area contributed by atoms with Gasteiger partial charge in [-0.3, -0.25) is 9.59 Å². The lowest BCUT2D eigenvalue weighted by atomic mass is 10.2. The number of ether oxygens (including phenoxy) is 1. The molecule has 0 atom stereocenters. The van der Waals surface area contributed by atoms with Gasteiger partial charge in [-0.25, -0.2) is 5.43 Å². The summed E-state index contributed by atoms with van der Waals surface area (Å²) in [5.74, 6) is 0.0321. The molecule has 0 bridgehead atoms. The van der Waals surface area contributed by atoms with Gasteiger partial charge in [-0.1, -0.05) is 35.9 Å². The number of anilines is 1. The minimum absolute atomic E-state index is 0.0913. The molecule has 0 heterocycles. The van der Waals surface area contributed by atoms with Crippen molar-refractivity contribution in [2.45, 2.75) is 20.3 Å². The quantitative estimate of drug-likeness (QED) is 0.601. The standard InChI is InChI=1S/C19H21N3O3/c1-14-8-10-17(11-9-14)25-13-19(24)22-21-15(2)12-18(23)20-16-6-4-3-5-7-16/h3-11H,12-13H2,1-2H3,(H,20,23)(H,22,24)/b21-15-. The van der Waals surface area contributed by atoms with Gasteiger partial charge in [0.1, 0.15) is 5.75 Å². The second kappa shape index (κ2) is 9.22. The molecule has 2 aromatic carbocycles. The van der Waals surface area contributed by atoms with Crippen molar-refractivity contribution in [1.82, 2.24) is 5.43 Å². The number of benzene rings is 2. The van der Waals surface area contributed by atoms with E-state index in [0.717, 1.165) is 11.3 Å². The Morgan fingerprint density at radius 3 is 2.36 bits per heavy atom. The molecule has 0 aromatic heterocycles. The lowest BCUT2D eigenvalue weighted by Gasteiger charge is -2.06. The molecule has 0 saturated carbocycles. The average molecular weight is 339 g/mol. The topological polar surface area (TPSA) is 79.8 Å². The van der Waals surface area contributed by atoms with Crippen molar-refractivity contribution in [2.24, 2.45) is 5.10 Å². The maximum atomic E-state index is 11.9. The zero-order chi connectivity index (χ0) is 18.1. The summed E-state index contributed by atoms with van der Waals surface area (Å²) in [5.41, 5.74) is 4.71. The van der Waals surface area contributed by atoms with Crippen LogP contribution in [0.5, 0.6) is 5.75 Å². The van der Waals surface area contributed by atoms with Gasteiger partial charge >= 0.3 is 0 Å². The fourth-order valence-electron chi connectivity index (χ4n) is 1.97. The number of hydrogen-bond donors (Lipinski definition) is 2. The lowest BCUT2D eigenvalue weighted by molar-refractivity contribution is -0.123. The van der Waals surface area contributed by atoms with E-state index in [1.165, 1.54) is 0 Å². The van der Waals surface area contributed by atoms with Crippen LogP contribution in [0.4, 0.5) is 5.69 Å². The van der Waals surface area contributed by atoms with Crippen LogP contribution in [0.2, 0.25) is 0 Å². The minimum atomic E-state index is -0.386. The lowest BCUT2D eigenvalue weighted by Crippen LogP contribution is -2.26. The zero-order valence-corrected chi connectivity index (χ0v) is 14.3. The molecule has 6 nitrogen and oxygen atoms in total. The van der Waals surface area contributed by atoms with E-state index in [1.807, 2.05) is 37.3 Å². The number of para-hydroxylation sites is 1. The number of nitrogens with one attached hydrogen (secondary N) is 2. The van der Waals surface area contributed by atoms with Gasteiger partial charge in [0.2, 0.25) is 5.91 Å². The molecule has 6 heteroatoms. The molecule has 0 saturated heterocycles. The number of carbonyl (C=O) groups is 2. The van der Waals surface area contributed by atoms with Crippen LogP contribution in [0.3, 0.4) is 0 Å². The Morgan fingerprint density at radius 2 is 1.68 bits per heavy atom. The largest absolute Gasteiger partial charge is 0.484 e. The van der Waals surface area contributed by atoms with E-state index in [9.17, 15) is 9.59 Å². The van der Waals surface area contributed by atoms with Crippen molar-refractivity contribution in [1.29, 1.82) is 0 Å². The number of hydrogen-bond acceptors (Lipinski definition) is 4. The van der Waals surface area contributed by atoms with E-state index in [1.54, 1.807) is 31.2 Å². The van der Waals surface area contributed by atoms with Crippen LogP contribution in [0, 0.1) is 6.92 Å². The van der Waals surface area contributed by atoms with Gasteiger partial charge in [-0.2, -0.15) is 5.10 Å². The first-order chi connectivity index (χ1) is 12.0. The minimum Gasteiger partial charge on any atom is -0.484 e. The summed E-state index contributed by atoms with van der Waals surface area (Å²) in [6.45, 7) is 3.50. The van der Waals surface area contributed by atoms with Gasteiger partial charge in [0, 0.05) is 11.4 Å². The van der Waals surface area contributed by atoms with Gasteiger partial charge in [0.05, 0.1) is 6.42 Å². The molecule has 0 unspecified atom stereocenters. The first kappa shape index (κ1) is 18.2. The highest BCUT2D eigenvalue weighted by atomic mass is 16.5. The summed E-state index contributed by atoms with van der Waals surface area (Å²) >= 11 is 0. The number of rotatable bonds is 7. The van der Waals surface area contributed by atoms with Crippen molar-refractivity contribution in [3.05, 3.63) is 60.2 Å². The molecule has 0 fully saturated rings. The van der Waals surface area contributed by atoms with E-state index in [-0.39, 0.29) is 24.8 Å². The highest BCUT2D eigenvalue weighted by molar-refractivity contribution is 6.05. The van der Waals surface area contributed by atoms with Crippen LogP contribution in [-0.4, -0.2) is 24.1 Å². The summed E-state index contributed by atoms with van der Waals surface area (Å²) in [6, 6.07) is 16.5. The molecule has 0 aliphatic rings. The number of carbonyl (C=O) groups excluding carboxylic acids is 2. The zero-order valence-electron chi connectivity index (χ0n) is 14.3. The van der Waals surface area contributed by atoms with Crippen molar-refractivity contribution < 1.29 is 14.3 Å². The van der Waals surface area contributed by atoms with E-state index in [4.69, 9.17) is 4.74 Å². The van der Waals surface area contributed by atoms with Crippen molar-refractivity contribution in [2.75, 3.05) is 11.9 Å². The first-order valence-electron chi connectivity index (χ1n) is 7.89. The van der Waals surface area contributed by atoms with Gasteiger partial charge in [0.25, 0.3) is 5.91 Å². The smallest absolute Gasteiger partial charge is 0.277 e. The normalized spacial score (nSPS) is 10.9. The Morgan fingerprint density at radius 1 is 1.00 bits per heavy atom. The Balaban J connectivity index is 1.73. The van der Waals surface area contributed by atoms with E-state index in [0.29, 0.717) is 11.5 Å². The van der Waals surface area contributed by atoms with Crippen LogP contribution >= 0.6 is 0 Å². The first-order valence-corrected chi connectivity index (χ1v) is 7.89. The number of aryl methyl sites for hydroxylation is 1. The summed E-state index contributed by atoms with van der Waals surface area (Å²) in [5, 5.41) is 6.66. The predicted molar refractivity (Wildman–Crippen MR) is 97.6 cm³/mol. The summed E-state index contributed by atoms with van der Waals surface area (Å²) in [6.07, 6.45) is 0.0913. The molecule has 130 valence electrons. The van der Waals surface area contributed by atoms with E-state index >= 15 is 0 Å². The highest BCUT2D eigenvalue weighted by Crippen LogP contribution is 2.11. The Hall–Kier alpha value is -3.15. The molecule has 2 rings (SSSR count). The molecule has 0 aliphatic carbocycles. The van der Waals surface area contributed by atoms with Gasteiger partial charge in [0.15, 0.2) is 6.61 Å². The monoisotopic (exact) mass is 339 g/mol. The highest BCUT2D eigenvalue weighted by Gasteiger charge is 2.06. The molecule has 0 spiro atoms. The van der Waals surface area contributed by atoms with Crippen LogP contribution in [-0.2, 0) is 9.59 Å². The second-order valence-electron chi connectivity index (χ2n) is 5.57. The maximum absolute atomic E-state index is 11.9. The summed E-state index contributed by atoms with van der Waals surface area (Å²) < 4.78 is 5.35. The predicted octanol–water partition coefficient (Wildman–Crippen LogP) is 2.89. The molecule has 2 N–H and O–H groups in total. The Labute approximate surface area is 146 Å². The fraction of sp³-hybridized carbons (Fsp3) is 0.211. The molecule has 0 aliphatic heterocycles. The van der Waals surface area contributed by atoms with Gasteiger partial charge < -0.3 is 10.1 Å². The van der Waals surface area contributed by atoms with E-state index in [2.05, 4.69) is 15.8 Å².